The Hall–Kier alpha value is -4.32. The van der Waals surface area contributed by atoms with E-state index in [1.54, 1.807) is 31.4 Å². The summed E-state index contributed by atoms with van der Waals surface area (Å²) in [6.07, 6.45) is 5.95. The molecule has 0 unspecified atom stereocenters. The van der Waals surface area contributed by atoms with Crippen LogP contribution in [0.3, 0.4) is 0 Å². The summed E-state index contributed by atoms with van der Waals surface area (Å²) < 4.78 is 21.0. The molecular weight excluding hydrogens is 420 g/mol. The summed E-state index contributed by atoms with van der Waals surface area (Å²) in [6.45, 7) is 1.99. The zero-order chi connectivity index (χ0) is 23.6. The number of esters is 2. The number of hydrogen-bond acceptors (Lipinski definition) is 6. The molecule has 33 heavy (non-hydrogen) atoms. The minimum Gasteiger partial charge on any atom is -0.497 e. The number of hydrogen-bond donors (Lipinski definition) is 0. The highest BCUT2D eigenvalue weighted by Crippen LogP contribution is 2.31. The number of carbonyl (C=O) groups is 2. The predicted molar refractivity (Wildman–Crippen MR) is 127 cm³/mol. The van der Waals surface area contributed by atoms with Crippen LogP contribution in [0.5, 0.6) is 23.0 Å². The Balaban J connectivity index is 1.61. The number of methoxy groups -OCH3 is 2. The van der Waals surface area contributed by atoms with Crippen molar-refractivity contribution in [1.82, 2.24) is 0 Å². The van der Waals surface area contributed by atoms with Crippen molar-refractivity contribution < 1.29 is 28.5 Å². The van der Waals surface area contributed by atoms with Gasteiger partial charge >= 0.3 is 11.9 Å². The third kappa shape index (κ3) is 7.11. The van der Waals surface area contributed by atoms with Gasteiger partial charge < -0.3 is 18.9 Å². The molecule has 0 aliphatic heterocycles. The first-order valence-electron chi connectivity index (χ1n) is 10.2. The van der Waals surface area contributed by atoms with Crippen molar-refractivity contribution in [2.75, 3.05) is 14.2 Å². The molecule has 0 aliphatic rings. The molecule has 3 rings (SSSR count). The Kier molecular flexibility index (Phi) is 8.02. The average Bonchev–Trinajstić information content (AvgIpc) is 2.83. The average molecular weight is 444 g/mol. The Morgan fingerprint density at radius 3 is 1.76 bits per heavy atom. The van der Waals surface area contributed by atoms with Crippen LogP contribution in [0.25, 0.3) is 12.2 Å². The number of rotatable bonds is 8. The molecule has 6 heteroatoms. The molecule has 0 aromatic heterocycles. The molecule has 0 aliphatic carbocycles. The van der Waals surface area contributed by atoms with Crippen LogP contribution in [0.4, 0.5) is 0 Å². The third-order valence-electron chi connectivity index (χ3n) is 4.58. The lowest BCUT2D eigenvalue weighted by Gasteiger charge is -2.10. The molecule has 0 bridgehead atoms. The van der Waals surface area contributed by atoms with E-state index in [0.717, 1.165) is 22.4 Å². The van der Waals surface area contributed by atoms with Gasteiger partial charge in [0.1, 0.15) is 11.5 Å². The van der Waals surface area contributed by atoms with E-state index in [4.69, 9.17) is 18.9 Å². The van der Waals surface area contributed by atoms with Crippen LogP contribution in [-0.4, -0.2) is 26.2 Å². The second kappa shape index (κ2) is 11.3. The Bertz CT molecular complexity index is 1160. The topological polar surface area (TPSA) is 71.1 Å². The van der Waals surface area contributed by atoms with Crippen LogP contribution in [0.1, 0.15) is 16.7 Å². The van der Waals surface area contributed by atoms with Gasteiger partial charge in [-0.1, -0.05) is 42.0 Å². The van der Waals surface area contributed by atoms with Gasteiger partial charge in [-0.25, -0.2) is 9.59 Å². The summed E-state index contributed by atoms with van der Waals surface area (Å²) in [5, 5.41) is 0. The fraction of sp³-hybridized carbons (Fsp3) is 0.111. The van der Waals surface area contributed by atoms with Crippen LogP contribution in [-0.2, 0) is 9.59 Å². The molecule has 0 heterocycles. The standard InChI is InChI=1S/C27H24O6/c1-19-4-6-20(7-5-19)10-16-26(28)32-23-14-15-24(25(18-23)31-3)33-27(29)17-11-21-8-12-22(30-2)13-9-21/h4-18H,1-3H3/b16-10+,17-11+. The van der Waals surface area contributed by atoms with Crippen molar-refractivity contribution in [3.8, 4) is 23.0 Å². The van der Waals surface area contributed by atoms with Crippen molar-refractivity contribution in [2.24, 2.45) is 0 Å². The predicted octanol–water partition coefficient (Wildman–Crippen LogP) is 5.25. The largest absolute Gasteiger partial charge is 0.497 e. The summed E-state index contributed by atoms with van der Waals surface area (Å²) in [5.41, 5.74) is 2.85. The minimum atomic E-state index is -0.574. The van der Waals surface area contributed by atoms with Crippen molar-refractivity contribution in [2.45, 2.75) is 6.92 Å². The molecular formula is C27H24O6. The van der Waals surface area contributed by atoms with Crippen LogP contribution >= 0.6 is 0 Å². The molecule has 0 amide bonds. The van der Waals surface area contributed by atoms with Crippen molar-refractivity contribution >= 4 is 24.1 Å². The van der Waals surface area contributed by atoms with Crippen molar-refractivity contribution in [3.05, 3.63) is 95.6 Å². The van der Waals surface area contributed by atoms with Gasteiger partial charge in [0.2, 0.25) is 0 Å². The van der Waals surface area contributed by atoms with Crippen molar-refractivity contribution in [3.63, 3.8) is 0 Å². The van der Waals surface area contributed by atoms with E-state index in [9.17, 15) is 9.59 Å². The van der Waals surface area contributed by atoms with Gasteiger partial charge in [-0.2, -0.15) is 0 Å². The van der Waals surface area contributed by atoms with Crippen LogP contribution in [0.15, 0.2) is 78.9 Å². The summed E-state index contributed by atoms with van der Waals surface area (Å²) in [6, 6.07) is 19.5. The fourth-order valence-electron chi connectivity index (χ4n) is 2.81. The molecule has 3 aromatic rings. The lowest BCUT2D eigenvalue weighted by Crippen LogP contribution is -2.06. The maximum Gasteiger partial charge on any atom is 0.336 e. The normalized spacial score (nSPS) is 10.9. The highest BCUT2D eigenvalue weighted by atomic mass is 16.6. The smallest absolute Gasteiger partial charge is 0.336 e. The third-order valence-corrected chi connectivity index (χ3v) is 4.58. The molecule has 0 spiro atoms. The van der Waals surface area contributed by atoms with E-state index < -0.39 is 11.9 Å². The highest BCUT2D eigenvalue weighted by molar-refractivity contribution is 5.90. The molecule has 0 atom stereocenters. The number of ether oxygens (including phenoxy) is 4. The lowest BCUT2D eigenvalue weighted by atomic mass is 10.1. The van der Waals surface area contributed by atoms with Crippen LogP contribution in [0, 0.1) is 6.92 Å². The Labute approximate surface area is 192 Å². The first kappa shape index (κ1) is 23.3. The van der Waals surface area contributed by atoms with Gasteiger partial charge in [0.25, 0.3) is 0 Å². The fourth-order valence-corrected chi connectivity index (χ4v) is 2.81. The van der Waals surface area contributed by atoms with E-state index >= 15 is 0 Å². The number of benzene rings is 3. The summed E-state index contributed by atoms with van der Waals surface area (Å²) in [5.74, 6) is 0.343. The Morgan fingerprint density at radius 2 is 1.18 bits per heavy atom. The molecule has 6 nitrogen and oxygen atoms in total. The SMILES string of the molecule is COc1ccc(/C=C/C(=O)Oc2ccc(OC(=O)/C=C/c3ccc(C)cc3)cc2OC)cc1. The minimum absolute atomic E-state index is 0.205. The van der Waals surface area contributed by atoms with E-state index in [2.05, 4.69) is 0 Å². The van der Waals surface area contributed by atoms with E-state index in [1.165, 1.54) is 37.5 Å². The molecule has 0 fully saturated rings. The van der Waals surface area contributed by atoms with Gasteiger partial charge in [0, 0.05) is 18.2 Å². The van der Waals surface area contributed by atoms with Gasteiger partial charge in [-0.15, -0.1) is 0 Å². The Morgan fingerprint density at radius 1 is 0.636 bits per heavy atom. The summed E-state index contributed by atoms with van der Waals surface area (Å²) in [4.78, 5) is 24.3. The molecule has 0 saturated heterocycles. The number of aryl methyl sites for hydroxylation is 1. The quantitative estimate of drug-likeness (QED) is 0.268. The maximum atomic E-state index is 12.2. The number of carbonyl (C=O) groups excluding carboxylic acids is 2. The van der Waals surface area contributed by atoms with Crippen molar-refractivity contribution in [1.29, 1.82) is 0 Å². The molecule has 0 radical (unpaired) electrons. The van der Waals surface area contributed by atoms with Gasteiger partial charge in [0.15, 0.2) is 11.5 Å². The monoisotopic (exact) mass is 444 g/mol. The van der Waals surface area contributed by atoms with Gasteiger partial charge in [-0.05, 0) is 54.5 Å². The van der Waals surface area contributed by atoms with Crippen LogP contribution < -0.4 is 18.9 Å². The molecule has 0 saturated carbocycles. The van der Waals surface area contributed by atoms with E-state index in [-0.39, 0.29) is 17.2 Å². The second-order valence-corrected chi connectivity index (χ2v) is 7.01. The molecule has 168 valence electrons. The zero-order valence-corrected chi connectivity index (χ0v) is 18.6. The summed E-state index contributed by atoms with van der Waals surface area (Å²) in [7, 11) is 3.02. The second-order valence-electron chi connectivity index (χ2n) is 7.01. The highest BCUT2D eigenvalue weighted by Gasteiger charge is 2.11. The van der Waals surface area contributed by atoms with Crippen LogP contribution in [0.2, 0.25) is 0 Å². The summed E-state index contributed by atoms with van der Waals surface area (Å²) >= 11 is 0. The maximum absolute atomic E-state index is 12.2. The first-order valence-corrected chi connectivity index (χ1v) is 10.2. The van der Waals surface area contributed by atoms with Gasteiger partial charge in [0.05, 0.1) is 14.2 Å². The molecule has 0 N–H and O–H groups in total. The lowest BCUT2D eigenvalue weighted by molar-refractivity contribution is -0.130. The van der Waals surface area contributed by atoms with E-state index in [0.29, 0.717) is 0 Å². The molecule has 3 aromatic carbocycles. The van der Waals surface area contributed by atoms with Gasteiger partial charge in [-0.3, -0.25) is 0 Å². The first-order chi connectivity index (χ1) is 16.0. The van der Waals surface area contributed by atoms with E-state index in [1.807, 2.05) is 43.3 Å². The zero-order valence-electron chi connectivity index (χ0n) is 18.6.